The lowest BCUT2D eigenvalue weighted by Crippen LogP contribution is -2.60. The van der Waals surface area contributed by atoms with Gasteiger partial charge in [0.05, 0.1) is 18.1 Å². The molecule has 0 saturated carbocycles. The average molecular weight is 1460 g/mol. The van der Waals surface area contributed by atoms with Crippen LogP contribution in [0, 0.1) is 5.41 Å². The van der Waals surface area contributed by atoms with E-state index in [1.54, 1.807) is 35.5 Å². The molecule has 92 heavy (non-hydrogen) atoms. The summed E-state index contributed by atoms with van der Waals surface area (Å²) in [6, 6.07) is 37.7. The van der Waals surface area contributed by atoms with E-state index in [9.17, 15) is 59.4 Å². The Bertz CT molecular complexity index is 3370. The van der Waals surface area contributed by atoms with E-state index in [1.807, 2.05) is 91.0 Å². The molecule has 4 saturated heterocycles. The molecule has 6 aliphatic rings. The molecule has 0 aliphatic carbocycles. The highest BCUT2D eigenvalue weighted by atomic mass is 79.9. The summed E-state index contributed by atoms with van der Waals surface area (Å²) in [4.78, 5) is 80.0. The van der Waals surface area contributed by atoms with Crippen molar-refractivity contribution >= 4 is 88.9 Å². The van der Waals surface area contributed by atoms with E-state index in [-0.39, 0.29) is 34.4 Å². The van der Waals surface area contributed by atoms with Crippen molar-refractivity contribution in [3.05, 3.63) is 168 Å². The van der Waals surface area contributed by atoms with Gasteiger partial charge in [-0.05, 0) is 141 Å². The molecular weight excluding hydrogens is 1370 g/mol. The molecule has 24 heteroatoms. The van der Waals surface area contributed by atoms with Crippen molar-refractivity contribution in [1.82, 2.24) is 41.3 Å². The summed E-state index contributed by atoms with van der Waals surface area (Å²) >= 11 is 10.1. The molecule has 11 rings (SSSR count). The van der Waals surface area contributed by atoms with Crippen molar-refractivity contribution in [2.24, 2.45) is 5.41 Å². The molecule has 0 radical (unpaired) electrons. The zero-order valence-electron chi connectivity index (χ0n) is 51.9. The largest absolute Gasteiger partial charge is 0.384 e. The van der Waals surface area contributed by atoms with Crippen LogP contribution in [0.5, 0.6) is 0 Å². The number of para-hydroxylation sites is 1. The van der Waals surface area contributed by atoms with Gasteiger partial charge in [0, 0.05) is 102 Å². The van der Waals surface area contributed by atoms with Gasteiger partial charge in [0.1, 0.15) is 0 Å². The number of halogens is 3. The first kappa shape index (κ1) is 70.2. The van der Waals surface area contributed by atoms with Gasteiger partial charge >= 0.3 is 0 Å². The summed E-state index contributed by atoms with van der Waals surface area (Å²) in [5, 5.41) is 80.1. The van der Waals surface area contributed by atoms with E-state index in [2.05, 4.69) is 110 Å². The van der Waals surface area contributed by atoms with Crippen LogP contribution in [0.3, 0.4) is 0 Å². The minimum Gasteiger partial charge on any atom is -0.384 e. The number of hydrogen-bond acceptors (Lipinski definition) is 15. The van der Waals surface area contributed by atoms with E-state index in [0.717, 1.165) is 107 Å². The Morgan fingerprint density at radius 3 is 1.12 bits per heavy atom. The molecule has 0 bridgehead atoms. The second-order valence-electron chi connectivity index (χ2n) is 25.3. The van der Waals surface area contributed by atoms with Gasteiger partial charge in [-0.1, -0.05) is 127 Å². The number of benzene rings is 5. The molecule has 494 valence electrons. The fourth-order valence-corrected chi connectivity index (χ4v) is 14.0. The van der Waals surface area contributed by atoms with Crippen molar-refractivity contribution in [2.75, 3.05) is 70.8 Å². The third kappa shape index (κ3) is 16.5. The van der Waals surface area contributed by atoms with Gasteiger partial charge < -0.3 is 77.2 Å². The third-order valence-corrected chi connectivity index (χ3v) is 20.9. The van der Waals surface area contributed by atoms with Crippen molar-refractivity contribution in [2.45, 2.75) is 131 Å². The molecule has 6 aliphatic heterocycles. The number of aliphatic hydroxyl groups excluding tert-OH is 6. The number of carbonyl (C=O) groups excluding carboxylic acids is 6. The summed E-state index contributed by atoms with van der Waals surface area (Å²) < 4.78 is 2.76. The fourth-order valence-electron chi connectivity index (χ4n) is 13.2. The Balaban J connectivity index is 0.000000164. The molecule has 21 nitrogen and oxygen atoms in total. The molecule has 0 aromatic heterocycles. The maximum absolute atomic E-state index is 12.9. The Kier molecular flexibility index (Phi) is 23.6. The first-order valence-corrected chi connectivity index (χ1v) is 33.8. The molecule has 6 unspecified atom stereocenters. The molecule has 12 N–H and O–H groups in total. The lowest BCUT2D eigenvalue weighted by atomic mass is 9.69. The van der Waals surface area contributed by atoms with Crippen LogP contribution in [0.2, 0.25) is 0 Å². The van der Waals surface area contributed by atoms with Crippen LogP contribution >= 0.6 is 47.8 Å². The van der Waals surface area contributed by atoms with Gasteiger partial charge in [-0.3, -0.25) is 28.8 Å². The molecule has 4 fully saturated rings. The van der Waals surface area contributed by atoms with E-state index >= 15 is 0 Å². The quantitative estimate of drug-likeness (QED) is 0.0663. The smallest absolute Gasteiger partial charge is 0.254 e. The van der Waals surface area contributed by atoms with E-state index in [0.29, 0.717) is 39.3 Å². The highest BCUT2D eigenvalue weighted by Crippen LogP contribution is 2.44. The number of nitrogens with zero attached hydrogens (tertiary/aromatic N) is 3. The Labute approximate surface area is 561 Å². The average Bonchev–Trinajstić information content (AvgIpc) is 1.36. The maximum atomic E-state index is 12.9. The van der Waals surface area contributed by atoms with Gasteiger partial charge in [0.2, 0.25) is 0 Å². The molecule has 5 aromatic rings. The van der Waals surface area contributed by atoms with Gasteiger partial charge in [-0.25, -0.2) is 0 Å². The van der Waals surface area contributed by atoms with Crippen LogP contribution in [-0.4, -0.2) is 183 Å². The predicted molar refractivity (Wildman–Crippen MR) is 357 cm³/mol. The summed E-state index contributed by atoms with van der Waals surface area (Å²) in [5.74, 6) is -4.12. The monoisotopic (exact) mass is 1460 g/mol. The van der Waals surface area contributed by atoms with E-state index in [1.165, 1.54) is 16.7 Å². The number of fused-ring (bicyclic) bond motifs is 4. The highest BCUT2D eigenvalue weighted by molar-refractivity contribution is 9.11. The molecule has 6 amide bonds. The second-order valence-corrected chi connectivity index (χ2v) is 28.1. The highest BCUT2D eigenvalue weighted by Gasteiger charge is 2.46. The number of piperidine rings is 3. The number of hydrogen-bond donors (Lipinski definition) is 12. The van der Waals surface area contributed by atoms with Crippen molar-refractivity contribution < 1.29 is 59.4 Å². The SMILES string of the molecule is CC(NC(=O)C(O)C(O)C(=O)N1CCC2(CC1)CNC2)c1ccc(Br)cc1.CC(NC(=O)C(O)C(O)C(=O)N1CCC2(CC1)CNc1ccccc12)c1ccc(Br)cc1.C[C@H](NC(=O)[C@H](O)[C@@H](O)C(=O)N1CCC2(CC1)CNCc1ccccc12)c1ccc(Br)cc1. The van der Waals surface area contributed by atoms with Gasteiger partial charge in [-0.2, -0.15) is 0 Å². The number of nitrogens with one attached hydrogen (secondary N) is 6. The minimum atomic E-state index is -1.83. The van der Waals surface area contributed by atoms with Crippen LogP contribution in [0.1, 0.15) is 111 Å². The first-order valence-electron chi connectivity index (χ1n) is 31.4. The second kappa shape index (κ2) is 30.9. The van der Waals surface area contributed by atoms with Gasteiger partial charge in [-0.15, -0.1) is 0 Å². The molecule has 5 aromatic carbocycles. The van der Waals surface area contributed by atoms with Crippen molar-refractivity contribution in [3.8, 4) is 0 Å². The Hall–Kier alpha value is -6.16. The van der Waals surface area contributed by atoms with Crippen LogP contribution in [0.4, 0.5) is 5.69 Å². The third-order valence-electron chi connectivity index (χ3n) is 19.3. The van der Waals surface area contributed by atoms with Crippen LogP contribution in [0.25, 0.3) is 0 Å². The normalized spacial score (nSPS) is 20.4. The lowest BCUT2D eigenvalue weighted by molar-refractivity contribution is -0.155. The van der Waals surface area contributed by atoms with Crippen LogP contribution < -0.4 is 31.9 Å². The standard InChI is InChI=1S/C25H30BrN3O4.C24H28BrN3O4.C19H26BrN3O4/c1-16(17-6-8-19(26)9-7-17)28-23(32)21(30)22(31)24(33)29-12-10-25(11-13-29)15-27-14-18-4-2-3-5-20(18)25;1-15(16-6-8-17(25)9-7-16)27-22(31)20(29)21(30)23(32)28-12-10-24(11-13-28)14-26-19-5-3-2-4-18(19)24;1-12(13-2-4-14(20)5-3-13)22-17(26)15(24)16(25)18(27)23-8-6-19(7-9-23)10-21-11-19/h2-9,16,21-22,27,30-31H,10-15H2,1H3,(H,28,32);2-9,15,20-21,26,29-30H,10-14H2,1H3,(H,27,31);2-5,12,15-16,21,24-25H,6-11H2,1H3,(H,22,26)/t16-,21+,22+;;/m0../s1. The van der Waals surface area contributed by atoms with Crippen LogP contribution in [-0.2, 0) is 46.1 Å². The molecule has 9 atom stereocenters. The number of carbonyl (C=O) groups is 6. The number of amides is 6. The molecule has 3 spiro atoms. The zero-order chi connectivity index (χ0) is 66.1. The van der Waals surface area contributed by atoms with Crippen molar-refractivity contribution in [3.63, 3.8) is 0 Å². The Morgan fingerprint density at radius 1 is 0.413 bits per heavy atom. The zero-order valence-corrected chi connectivity index (χ0v) is 56.6. The lowest BCUT2D eigenvalue weighted by Gasteiger charge is -2.48. The Morgan fingerprint density at radius 2 is 0.750 bits per heavy atom. The fraction of sp³-hybridized carbons (Fsp3) is 0.471. The van der Waals surface area contributed by atoms with Gasteiger partial charge in [0.15, 0.2) is 36.6 Å². The van der Waals surface area contributed by atoms with E-state index in [4.69, 9.17) is 0 Å². The molecule has 6 heterocycles. The summed E-state index contributed by atoms with van der Waals surface area (Å²) in [7, 11) is 0. The minimum absolute atomic E-state index is 0.0194. The van der Waals surface area contributed by atoms with E-state index < -0.39 is 72.1 Å². The van der Waals surface area contributed by atoms with Gasteiger partial charge in [0.25, 0.3) is 35.4 Å². The number of aliphatic hydroxyl groups is 6. The molecular formula is C68H84Br3N9O12. The first-order chi connectivity index (χ1) is 43.9. The number of rotatable bonds is 15. The maximum Gasteiger partial charge on any atom is 0.254 e. The predicted octanol–water partition coefficient (Wildman–Crippen LogP) is 4.91. The summed E-state index contributed by atoms with van der Waals surface area (Å²) in [6.07, 6.45) is -6.00. The number of anilines is 1. The van der Waals surface area contributed by atoms with Crippen molar-refractivity contribution in [1.29, 1.82) is 0 Å². The van der Waals surface area contributed by atoms with Crippen LogP contribution in [0.15, 0.2) is 135 Å². The number of likely N-dealkylation sites (tertiary alicyclic amines) is 3. The summed E-state index contributed by atoms with van der Waals surface area (Å²) in [6.45, 7) is 12.8. The topological polar surface area (TPSA) is 306 Å². The summed E-state index contributed by atoms with van der Waals surface area (Å²) in [5.41, 5.74) is 7.80.